The predicted molar refractivity (Wildman–Crippen MR) is 399 cm³/mol. The van der Waals surface area contributed by atoms with E-state index >= 15 is 0 Å². The number of hydrogen-bond donors (Lipinski definition) is 6. The van der Waals surface area contributed by atoms with E-state index in [2.05, 4.69) is 41.0 Å². The predicted octanol–water partition coefficient (Wildman–Crippen LogP) is 8.60. The maximum Gasteiger partial charge on any atom is 0.338 e. The zero-order valence-corrected chi connectivity index (χ0v) is 62.1. The average molecular weight is 1530 g/mol. The van der Waals surface area contributed by atoms with Crippen molar-refractivity contribution < 1.29 is 61.7 Å². The third-order valence-electron chi connectivity index (χ3n) is 19.3. The first-order valence-electron chi connectivity index (χ1n) is 34.9. The highest BCUT2D eigenvalue weighted by atomic mass is 35.5. The Morgan fingerprint density at radius 3 is 1.52 bits per heavy atom. The number of carbonyl (C=O) groups is 8. The number of hydrogen-bond acceptors (Lipinski definition) is 21. The number of amidine groups is 2. The van der Waals surface area contributed by atoms with E-state index in [1.54, 1.807) is 22.2 Å². The van der Waals surface area contributed by atoms with Gasteiger partial charge in [-0.1, -0.05) is 72.9 Å². The standard InChI is InChI=1S/C38H44ClFN8O5S.C36H39ClFN7O6S/c1-23(49)30(41)5-3-4-14-42-32(50)13-8-24-6-10-26(11-7-24)48-21-27-20-46(16-17-47(27)38(48)52)22-31-33(37(51)53-2)34(28-12-9-25(40)19-29(28)39)45-35(44-31)36-43-15-18-54-36;1-3-4-27(34(47)48)40-29(46)12-7-21-5-9-23(10-6-21)45-19-24-18-43(14-15-44(24)36(45)50)20-28-30(35(49)51-2)31(25-11-8-22(38)17-26(25)37)42-32(41-28)33-39-13-16-52-33/h6-7,9-12,15,18-19,27,30,34H,3-5,8,13-14,16-17,20-22,41H2,1-2H3,(H,42,50)(H,44,45);5-6,8-11,13,16-17,24,27,31H,3-4,7,12,14-15,18-20H2,1-2H3,(H,40,46)(H,41,42)(H,47,48)/t27-,30-,34-;24-,27-,31-/m00/s1. The fraction of sp³-hybridized carbons (Fsp3) is 0.405. The minimum atomic E-state index is -1.04. The number of unbranched alkanes of at least 4 members (excludes halogenated alkanes) is 1. The Morgan fingerprint density at radius 1 is 0.651 bits per heavy atom. The summed E-state index contributed by atoms with van der Waals surface area (Å²) in [6.07, 6.45) is 8.00. The molecule has 106 heavy (non-hydrogen) atoms. The van der Waals surface area contributed by atoms with Crippen molar-refractivity contribution in [3.63, 3.8) is 0 Å². The number of halogens is 4. The maximum atomic E-state index is 14.0. The van der Waals surface area contributed by atoms with Gasteiger partial charge in [0.1, 0.15) is 35.5 Å². The molecule has 4 aromatic carbocycles. The van der Waals surface area contributed by atoms with E-state index in [1.807, 2.05) is 76.0 Å². The molecule has 0 radical (unpaired) electrons. The van der Waals surface area contributed by atoms with Crippen molar-refractivity contribution in [1.82, 2.24) is 50.8 Å². The molecule has 6 aromatic rings. The first-order valence-corrected chi connectivity index (χ1v) is 37.5. The number of nitrogens with two attached hydrogens (primary N) is 1. The van der Waals surface area contributed by atoms with Gasteiger partial charge < -0.3 is 51.4 Å². The van der Waals surface area contributed by atoms with Gasteiger partial charge in [-0.15, -0.1) is 22.7 Å². The summed E-state index contributed by atoms with van der Waals surface area (Å²) in [5, 5.41) is 26.6. The number of fused-ring (bicyclic) bond motifs is 2. The van der Waals surface area contributed by atoms with E-state index < -0.39 is 53.7 Å². The van der Waals surface area contributed by atoms with Crippen molar-refractivity contribution in [3.8, 4) is 0 Å². The van der Waals surface area contributed by atoms with E-state index in [0.717, 1.165) is 35.3 Å². The van der Waals surface area contributed by atoms with E-state index in [4.69, 9.17) is 48.4 Å². The number of aliphatic carboxylic acids is 1. The number of aliphatic imine (C=N–C) groups is 2. The van der Waals surface area contributed by atoms with Crippen molar-refractivity contribution in [2.24, 2.45) is 15.7 Å². The summed E-state index contributed by atoms with van der Waals surface area (Å²) in [6.45, 7) is 8.68. The lowest BCUT2D eigenvalue weighted by Crippen LogP contribution is -2.53. The zero-order valence-electron chi connectivity index (χ0n) is 58.9. The second-order valence-electron chi connectivity index (χ2n) is 26.4. The Labute approximate surface area is 629 Å². The molecule has 0 saturated carbocycles. The molecule has 4 saturated heterocycles. The molecule has 0 bridgehead atoms. The number of methoxy groups -OCH3 is 2. The van der Waals surface area contributed by atoms with Crippen molar-refractivity contribution in [2.75, 3.05) is 96.0 Å². The SMILES string of the molecule is CCC[C@H](NC(=O)CCc1ccc(N2C[C@@H]3CN(CC4=C(C(=O)OC)[C@H](c5ccc(F)cc5Cl)N=C(c5nccs5)N4)CCN3C2=O)cc1)C(=O)O.COC(=O)C1=C(CN2CCN3C(=O)N(c4ccc(CCC(=O)NCCCC[C@H](N)C(C)=O)cc4)C[C@@H]3C2)NC(c2nccs2)=N[C@H]1c1ccc(F)cc1Cl. The van der Waals surface area contributed by atoms with Gasteiger partial charge >= 0.3 is 30.0 Å². The van der Waals surface area contributed by atoms with Crippen LogP contribution in [0.15, 0.2) is 141 Å². The van der Waals surface area contributed by atoms with Crippen LogP contribution in [0, 0.1) is 11.6 Å². The van der Waals surface area contributed by atoms with Crippen LogP contribution in [0.3, 0.4) is 0 Å². The van der Waals surface area contributed by atoms with Crippen molar-refractivity contribution in [3.05, 3.63) is 185 Å². The van der Waals surface area contributed by atoms with Crippen LogP contribution in [0.2, 0.25) is 10.0 Å². The highest BCUT2D eigenvalue weighted by Gasteiger charge is 2.45. The molecule has 0 spiro atoms. The number of thiazole rings is 2. The van der Waals surface area contributed by atoms with Gasteiger partial charge in [-0.2, -0.15) is 0 Å². The molecule has 7 N–H and O–H groups in total. The van der Waals surface area contributed by atoms with Gasteiger partial charge in [0.2, 0.25) is 11.8 Å². The van der Waals surface area contributed by atoms with E-state index in [1.165, 1.54) is 80.2 Å². The highest BCUT2D eigenvalue weighted by molar-refractivity contribution is 7.12. The molecule has 560 valence electrons. The second kappa shape index (κ2) is 35.7. The number of ether oxygens (including phenoxy) is 2. The van der Waals surface area contributed by atoms with Crippen molar-refractivity contribution in [2.45, 2.75) is 108 Å². The number of benzene rings is 4. The summed E-state index contributed by atoms with van der Waals surface area (Å²) >= 11 is 15.8. The Morgan fingerprint density at radius 2 is 1.11 bits per heavy atom. The van der Waals surface area contributed by atoms with E-state index in [-0.39, 0.29) is 69.4 Å². The van der Waals surface area contributed by atoms with Gasteiger partial charge in [0.25, 0.3) is 0 Å². The number of rotatable bonds is 28. The Hall–Kier alpha value is -9.56. The normalized spacial score (nSPS) is 19.4. The molecule has 0 aliphatic carbocycles. The molecule has 6 aliphatic rings. The lowest BCUT2D eigenvalue weighted by atomic mass is 9.95. The van der Waals surface area contributed by atoms with Gasteiger partial charge in [0, 0.05) is 152 Å². The molecule has 8 heterocycles. The lowest BCUT2D eigenvalue weighted by Gasteiger charge is -2.38. The average Bonchev–Trinajstić information content (AvgIpc) is 1.000. The molecule has 2 aromatic heterocycles. The molecule has 0 unspecified atom stereocenters. The molecule has 6 atom stereocenters. The number of urea groups is 2. The van der Waals surface area contributed by atoms with Gasteiger partial charge in [0.15, 0.2) is 21.7 Å². The maximum absolute atomic E-state index is 14.0. The molecule has 6 aliphatic heterocycles. The van der Waals surface area contributed by atoms with Gasteiger partial charge in [-0.05, 0) is 105 Å². The van der Waals surface area contributed by atoms with Crippen LogP contribution in [-0.4, -0.2) is 204 Å². The minimum absolute atomic E-state index is 0.0247. The Kier molecular flexibility index (Phi) is 26.1. The van der Waals surface area contributed by atoms with Crippen molar-refractivity contribution in [1.29, 1.82) is 0 Å². The van der Waals surface area contributed by atoms with Crippen LogP contribution >= 0.6 is 45.9 Å². The number of nitrogens with one attached hydrogen (secondary N) is 4. The highest BCUT2D eigenvalue weighted by Crippen LogP contribution is 2.40. The van der Waals surface area contributed by atoms with Crippen LogP contribution in [0.1, 0.15) is 103 Å². The quantitative estimate of drug-likeness (QED) is 0.0198. The molecular weight excluding hydrogens is 1450 g/mol. The van der Waals surface area contributed by atoms with Crippen LogP contribution in [0.5, 0.6) is 0 Å². The number of carbonyl (C=O) groups excluding carboxylic acids is 7. The molecule has 4 fully saturated rings. The smallest absolute Gasteiger partial charge is 0.338 e. The number of anilines is 2. The summed E-state index contributed by atoms with van der Waals surface area (Å²) in [5.41, 5.74) is 11.7. The number of piperazine rings is 2. The van der Waals surface area contributed by atoms with E-state index in [9.17, 15) is 52.2 Å². The van der Waals surface area contributed by atoms with Crippen LogP contribution in [0.25, 0.3) is 0 Å². The van der Waals surface area contributed by atoms with E-state index in [0.29, 0.717) is 155 Å². The number of aromatic nitrogens is 2. The van der Waals surface area contributed by atoms with Crippen LogP contribution in [-0.2, 0) is 51.1 Å². The number of Topliss-reactive ketones (excluding diaryl/α,β-unsaturated/α-hetero) is 1. The van der Waals surface area contributed by atoms with Gasteiger partial charge in [-0.25, -0.2) is 42.7 Å². The topological polar surface area (TPSA) is 319 Å². The number of ketones is 1. The first kappa shape index (κ1) is 77.5. The summed E-state index contributed by atoms with van der Waals surface area (Å²) in [5.74, 6) is -2.70. The summed E-state index contributed by atoms with van der Waals surface area (Å²) in [4.78, 5) is 131. The number of aryl methyl sites for hydroxylation is 2. The Bertz CT molecular complexity index is 4360. The fourth-order valence-electron chi connectivity index (χ4n) is 13.7. The molecule has 6 amide bonds. The molecular formula is C74H83Cl2F2N15O11S2. The summed E-state index contributed by atoms with van der Waals surface area (Å²) in [6, 6.07) is 19.7. The van der Waals surface area contributed by atoms with Crippen LogP contribution < -0.4 is 36.8 Å². The number of carboxylic acid groups (broad SMARTS) is 1. The van der Waals surface area contributed by atoms with Crippen LogP contribution in [0.4, 0.5) is 29.7 Å². The number of carboxylic acids is 1. The summed E-state index contributed by atoms with van der Waals surface area (Å²) < 4.78 is 38.5. The number of nitrogens with zero attached hydrogens (tertiary/aromatic N) is 10. The first-order chi connectivity index (χ1) is 51.1. The molecule has 26 nitrogen and oxygen atoms in total. The third-order valence-corrected chi connectivity index (χ3v) is 21.5. The van der Waals surface area contributed by atoms with Crippen molar-refractivity contribution >= 4 is 116 Å². The fourth-order valence-corrected chi connectivity index (χ4v) is 15.4. The number of amides is 6. The van der Waals surface area contributed by atoms with Gasteiger partial charge in [0.05, 0.1) is 43.5 Å². The monoisotopic (exact) mass is 1530 g/mol. The number of esters is 2. The molecule has 32 heteroatoms. The third kappa shape index (κ3) is 18.8. The second-order valence-corrected chi connectivity index (χ2v) is 29.0. The minimum Gasteiger partial charge on any atom is -0.480 e. The zero-order chi connectivity index (χ0) is 75.3. The van der Waals surface area contributed by atoms with Gasteiger partial charge in [-0.3, -0.25) is 44.0 Å². The summed E-state index contributed by atoms with van der Waals surface area (Å²) in [7, 11) is 2.60. The Balaban J connectivity index is 0.000000212. The molecule has 12 rings (SSSR count). The largest absolute Gasteiger partial charge is 0.480 e. The lowest BCUT2D eigenvalue weighted by molar-refractivity contribution is -0.142.